The number of hydrogen-bond acceptors (Lipinski definition) is 4. The zero-order valence-electron chi connectivity index (χ0n) is 10.1. The molecule has 0 radical (unpaired) electrons. The van der Waals surface area contributed by atoms with Gasteiger partial charge in [0.25, 0.3) is 0 Å². The van der Waals surface area contributed by atoms with E-state index in [4.69, 9.17) is 0 Å². The third-order valence-corrected chi connectivity index (χ3v) is 3.93. The molecule has 2 unspecified atom stereocenters. The van der Waals surface area contributed by atoms with Gasteiger partial charge in [-0.2, -0.15) is 0 Å². The molecule has 1 amide bonds. The normalized spacial score (nSPS) is 25.7. The number of amides is 1. The fourth-order valence-corrected chi connectivity index (χ4v) is 2.44. The van der Waals surface area contributed by atoms with Gasteiger partial charge in [0, 0.05) is 26.4 Å². The molecule has 5 nitrogen and oxygen atoms in total. The molecule has 1 saturated heterocycles. The molecule has 1 aliphatic rings. The first-order chi connectivity index (χ1) is 7.31. The van der Waals surface area contributed by atoms with Crippen LogP contribution in [0.4, 0.5) is 0 Å². The highest BCUT2D eigenvalue weighted by molar-refractivity contribution is 7.90. The lowest BCUT2D eigenvalue weighted by Crippen LogP contribution is -2.38. The predicted molar refractivity (Wildman–Crippen MR) is 62.9 cm³/mol. The summed E-state index contributed by atoms with van der Waals surface area (Å²) in [7, 11) is -1.33. The molecule has 1 rings (SSSR count). The highest BCUT2D eigenvalue weighted by Gasteiger charge is 2.31. The van der Waals surface area contributed by atoms with Gasteiger partial charge in [0.15, 0.2) is 0 Å². The Morgan fingerprint density at radius 3 is 2.50 bits per heavy atom. The fraction of sp³-hybridized carbons (Fsp3) is 0.900. The topological polar surface area (TPSA) is 66.5 Å². The Kier molecular flexibility index (Phi) is 4.32. The number of nitrogens with zero attached hydrogens (tertiary/aromatic N) is 1. The minimum Gasteiger partial charge on any atom is -0.344 e. The molecule has 2 atom stereocenters. The molecular formula is C10H20N2O3S. The minimum atomic E-state index is -3.00. The summed E-state index contributed by atoms with van der Waals surface area (Å²) in [6, 6.07) is 0. The second kappa shape index (κ2) is 5.14. The lowest BCUT2D eigenvalue weighted by atomic mass is 9.97. The smallest absolute Gasteiger partial charge is 0.227 e. The predicted octanol–water partition coefficient (Wildman–Crippen LogP) is -0.655. The highest BCUT2D eigenvalue weighted by Crippen LogP contribution is 2.17. The van der Waals surface area contributed by atoms with E-state index >= 15 is 0 Å². The van der Waals surface area contributed by atoms with E-state index in [9.17, 15) is 13.2 Å². The van der Waals surface area contributed by atoms with Gasteiger partial charge in [-0.15, -0.1) is 0 Å². The molecule has 1 aliphatic heterocycles. The lowest BCUT2D eigenvalue weighted by molar-refractivity contribution is -0.134. The van der Waals surface area contributed by atoms with E-state index < -0.39 is 9.84 Å². The summed E-state index contributed by atoms with van der Waals surface area (Å²) in [6.07, 6.45) is 1.19. The molecule has 0 aromatic rings. The molecule has 94 valence electrons. The molecule has 1 heterocycles. The molecule has 0 spiro atoms. The molecule has 0 bridgehead atoms. The van der Waals surface area contributed by atoms with Gasteiger partial charge in [-0.1, -0.05) is 6.92 Å². The maximum atomic E-state index is 12.0. The Bertz CT molecular complexity index is 353. The fourth-order valence-electron chi connectivity index (χ4n) is 1.84. The molecule has 1 N–H and O–H groups in total. The summed E-state index contributed by atoms with van der Waals surface area (Å²) in [5.41, 5.74) is 0. The van der Waals surface area contributed by atoms with Crippen molar-refractivity contribution in [1.82, 2.24) is 10.2 Å². The van der Waals surface area contributed by atoms with Gasteiger partial charge in [-0.3, -0.25) is 4.79 Å². The molecule has 0 aromatic heterocycles. The van der Waals surface area contributed by atoms with Crippen molar-refractivity contribution in [1.29, 1.82) is 0 Å². The van der Waals surface area contributed by atoms with Crippen LogP contribution in [0, 0.1) is 11.8 Å². The molecule has 1 fully saturated rings. The van der Waals surface area contributed by atoms with Crippen LogP contribution in [-0.2, 0) is 14.6 Å². The van der Waals surface area contributed by atoms with E-state index in [0.29, 0.717) is 12.5 Å². The van der Waals surface area contributed by atoms with Crippen molar-refractivity contribution in [3.05, 3.63) is 0 Å². The molecule has 16 heavy (non-hydrogen) atoms. The van der Waals surface area contributed by atoms with Gasteiger partial charge >= 0.3 is 0 Å². The average molecular weight is 248 g/mol. The Balaban J connectivity index is 2.47. The summed E-state index contributed by atoms with van der Waals surface area (Å²) in [5, 5.41) is 3.16. The van der Waals surface area contributed by atoms with Crippen LogP contribution in [0.3, 0.4) is 0 Å². The van der Waals surface area contributed by atoms with Crippen molar-refractivity contribution in [2.45, 2.75) is 6.92 Å². The standard InChI is InChI=1S/C10H20N2O3S/c1-8-6-11-7-9(8)10(13)12(2)4-5-16(3,14)15/h8-9,11H,4-7H2,1-3H3. The first kappa shape index (κ1) is 13.4. The van der Waals surface area contributed by atoms with Crippen LogP contribution >= 0.6 is 0 Å². The summed E-state index contributed by atoms with van der Waals surface area (Å²) >= 11 is 0. The molecule has 6 heteroatoms. The number of nitrogens with one attached hydrogen (secondary N) is 1. The van der Waals surface area contributed by atoms with Crippen LogP contribution in [0.5, 0.6) is 0 Å². The van der Waals surface area contributed by atoms with Crippen molar-refractivity contribution in [3.63, 3.8) is 0 Å². The van der Waals surface area contributed by atoms with E-state index in [2.05, 4.69) is 5.32 Å². The second-order valence-electron chi connectivity index (χ2n) is 4.63. The Hall–Kier alpha value is -0.620. The number of carbonyl (C=O) groups is 1. The first-order valence-corrected chi connectivity index (χ1v) is 7.50. The van der Waals surface area contributed by atoms with Crippen LogP contribution in [0.15, 0.2) is 0 Å². The zero-order valence-corrected chi connectivity index (χ0v) is 10.9. The summed E-state index contributed by atoms with van der Waals surface area (Å²) in [6.45, 7) is 3.87. The van der Waals surface area contributed by atoms with E-state index in [0.717, 1.165) is 6.54 Å². The Morgan fingerprint density at radius 2 is 2.06 bits per heavy atom. The summed E-state index contributed by atoms with van der Waals surface area (Å²) < 4.78 is 22.0. The van der Waals surface area contributed by atoms with Crippen molar-refractivity contribution in [3.8, 4) is 0 Å². The molecular weight excluding hydrogens is 228 g/mol. The first-order valence-electron chi connectivity index (χ1n) is 5.44. The van der Waals surface area contributed by atoms with Gasteiger partial charge in [0.05, 0.1) is 11.7 Å². The summed E-state index contributed by atoms with van der Waals surface area (Å²) in [4.78, 5) is 13.5. The van der Waals surface area contributed by atoms with Gasteiger partial charge in [-0.25, -0.2) is 8.42 Å². The largest absolute Gasteiger partial charge is 0.344 e. The van der Waals surface area contributed by atoms with Crippen molar-refractivity contribution < 1.29 is 13.2 Å². The van der Waals surface area contributed by atoms with Crippen LogP contribution < -0.4 is 5.32 Å². The maximum Gasteiger partial charge on any atom is 0.227 e. The van der Waals surface area contributed by atoms with Crippen LogP contribution in [0.25, 0.3) is 0 Å². The SMILES string of the molecule is CC1CNCC1C(=O)N(C)CCS(C)(=O)=O. The highest BCUT2D eigenvalue weighted by atomic mass is 32.2. The zero-order chi connectivity index (χ0) is 12.3. The van der Waals surface area contributed by atoms with Crippen LogP contribution in [0.1, 0.15) is 6.92 Å². The maximum absolute atomic E-state index is 12.0. The number of rotatable bonds is 4. The monoisotopic (exact) mass is 248 g/mol. The number of sulfone groups is 1. The van der Waals surface area contributed by atoms with E-state index in [1.54, 1.807) is 7.05 Å². The second-order valence-corrected chi connectivity index (χ2v) is 6.89. The third-order valence-electron chi connectivity index (χ3n) is 3.01. The minimum absolute atomic E-state index is 0.00967. The average Bonchev–Trinajstić information content (AvgIpc) is 2.58. The van der Waals surface area contributed by atoms with E-state index in [1.807, 2.05) is 6.92 Å². The number of hydrogen-bond donors (Lipinski definition) is 1. The van der Waals surface area contributed by atoms with Crippen LogP contribution in [-0.4, -0.2) is 57.9 Å². The quantitative estimate of drug-likeness (QED) is 0.717. The van der Waals surface area contributed by atoms with E-state index in [1.165, 1.54) is 11.2 Å². The molecule has 0 aromatic carbocycles. The van der Waals surface area contributed by atoms with Gasteiger partial charge < -0.3 is 10.2 Å². The number of carbonyl (C=O) groups excluding carboxylic acids is 1. The molecule has 0 aliphatic carbocycles. The molecule has 0 saturated carbocycles. The Labute approximate surface area is 97.1 Å². The van der Waals surface area contributed by atoms with Gasteiger partial charge in [0.1, 0.15) is 9.84 Å². The van der Waals surface area contributed by atoms with Crippen molar-refractivity contribution in [2.75, 3.05) is 38.7 Å². The van der Waals surface area contributed by atoms with Gasteiger partial charge in [0.2, 0.25) is 5.91 Å². The van der Waals surface area contributed by atoms with E-state index in [-0.39, 0.29) is 24.1 Å². The van der Waals surface area contributed by atoms with Gasteiger partial charge in [-0.05, 0) is 12.5 Å². The van der Waals surface area contributed by atoms with Crippen molar-refractivity contribution >= 4 is 15.7 Å². The van der Waals surface area contributed by atoms with Crippen LogP contribution in [0.2, 0.25) is 0 Å². The lowest BCUT2D eigenvalue weighted by Gasteiger charge is -2.22. The summed E-state index contributed by atoms with van der Waals surface area (Å²) in [5.74, 6) is 0.392. The van der Waals surface area contributed by atoms with Crippen molar-refractivity contribution in [2.24, 2.45) is 11.8 Å². The Morgan fingerprint density at radius 1 is 1.44 bits per heavy atom. The third kappa shape index (κ3) is 3.75.